The summed E-state index contributed by atoms with van der Waals surface area (Å²) in [5.74, 6) is -0.116. The number of halogens is 2. The molecule has 0 aliphatic rings. The van der Waals surface area contributed by atoms with Crippen LogP contribution in [0.3, 0.4) is 0 Å². The summed E-state index contributed by atoms with van der Waals surface area (Å²) in [5, 5.41) is 5.84. The second-order valence-corrected chi connectivity index (χ2v) is 5.65. The molecule has 0 spiro atoms. The summed E-state index contributed by atoms with van der Waals surface area (Å²) in [5.41, 5.74) is 6.25. The number of methoxy groups -OCH3 is 1. The SMILES string of the molecule is COc1ccc(NCC(=O)NNC(=S)Nc2ccc(F)c(Cl)c2)cc1. The zero-order valence-electron chi connectivity index (χ0n) is 13.2. The van der Waals surface area contributed by atoms with Gasteiger partial charge in [-0.3, -0.25) is 15.6 Å². The van der Waals surface area contributed by atoms with E-state index in [0.717, 1.165) is 11.4 Å². The van der Waals surface area contributed by atoms with Crippen molar-refractivity contribution in [1.29, 1.82) is 0 Å². The van der Waals surface area contributed by atoms with Crippen LogP contribution in [0.2, 0.25) is 5.02 Å². The molecule has 0 aliphatic carbocycles. The Morgan fingerprint density at radius 1 is 1.16 bits per heavy atom. The van der Waals surface area contributed by atoms with Gasteiger partial charge in [-0.25, -0.2) is 4.39 Å². The van der Waals surface area contributed by atoms with E-state index < -0.39 is 5.82 Å². The maximum atomic E-state index is 13.1. The molecule has 0 unspecified atom stereocenters. The number of thiocarbonyl (C=S) groups is 1. The summed E-state index contributed by atoms with van der Waals surface area (Å²) < 4.78 is 18.1. The van der Waals surface area contributed by atoms with Crippen LogP contribution in [0.25, 0.3) is 0 Å². The predicted octanol–water partition coefficient (Wildman–Crippen LogP) is 2.92. The van der Waals surface area contributed by atoms with Crippen LogP contribution >= 0.6 is 23.8 Å². The highest BCUT2D eigenvalue weighted by molar-refractivity contribution is 7.80. The maximum absolute atomic E-state index is 13.1. The summed E-state index contributed by atoms with van der Waals surface area (Å²) in [4.78, 5) is 11.8. The van der Waals surface area contributed by atoms with E-state index in [1.54, 1.807) is 31.4 Å². The lowest BCUT2D eigenvalue weighted by molar-refractivity contribution is -0.119. The molecule has 9 heteroatoms. The van der Waals surface area contributed by atoms with Gasteiger partial charge in [0.25, 0.3) is 5.91 Å². The minimum Gasteiger partial charge on any atom is -0.497 e. The molecule has 0 aliphatic heterocycles. The van der Waals surface area contributed by atoms with E-state index in [1.807, 2.05) is 0 Å². The van der Waals surface area contributed by atoms with E-state index in [4.69, 9.17) is 28.6 Å². The van der Waals surface area contributed by atoms with Crippen molar-refractivity contribution in [3.8, 4) is 5.75 Å². The van der Waals surface area contributed by atoms with Crippen LogP contribution in [0, 0.1) is 5.82 Å². The molecule has 2 aromatic rings. The first-order chi connectivity index (χ1) is 12.0. The summed E-state index contributed by atoms with van der Waals surface area (Å²) in [6.07, 6.45) is 0. The second-order valence-electron chi connectivity index (χ2n) is 4.84. The van der Waals surface area contributed by atoms with Crippen LogP contribution in [-0.4, -0.2) is 24.7 Å². The van der Waals surface area contributed by atoms with E-state index in [2.05, 4.69) is 21.5 Å². The van der Waals surface area contributed by atoms with Crippen LogP contribution in [-0.2, 0) is 4.79 Å². The first-order valence-electron chi connectivity index (χ1n) is 7.17. The Morgan fingerprint density at radius 3 is 2.48 bits per heavy atom. The average Bonchev–Trinajstić information content (AvgIpc) is 2.61. The van der Waals surface area contributed by atoms with E-state index in [0.29, 0.717) is 5.69 Å². The molecule has 0 fully saturated rings. The lowest BCUT2D eigenvalue weighted by Crippen LogP contribution is -2.45. The van der Waals surface area contributed by atoms with Gasteiger partial charge < -0.3 is 15.4 Å². The highest BCUT2D eigenvalue weighted by Gasteiger charge is 2.05. The number of ether oxygens (including phenoxy) is 1. The van der Waals surface area contributed by atoms with Crippen molar-refractivity contribution in [1.82, 2.24) is 10.9 Å². The number of anilines is 2. The molecule has 1 amide bonds. The monoisotopic (exact) mass is 382 g/mol. The van der Waals surface area contributed by atoms with Gasteiger partial charge in [-0.15, -0.1) is 0 Å². The molecule has 6 nitrogen and oxygen atoms in total. The number of carbonyl (C=O) groups excluding carboxylic acids is 1. The lowest BCUT2D eigenvalue weighted by Gasteiger charge is -2.12. The van der Waals surface area contributed by atoms with Gasteiger partial charge in [0.15, 0.2) is 5.11 Å². The molecule has 132 valence electrons. The topological polar surface area (TPSA) is 74.4 Å². The largest absolute Gasteiger partial charge is 0.497 e. The molecular formula is C16H16ClFN4O2S. The number of hydrogen-bond acceptors (Lipinski definition) is 4. The minimum atomic E-state index is -0.524. The molecule has 0 heterocycles. The zero-order chi connectivity index (χ0) is 18.2. The van der Waals surface area contributed by atoms with Crippen LogP contribution < -0.4 is 26.2 Å². The van der Waals surface area contributed by atoms with E-state index in [-0.39, 0.29) is 22.6 Å². The number of hydrogen-bond donors (Lipinski definition) is 4. The smallest absolute Gasteiger partial charge is 0.257 e. The number of rotatable bonds is 5. The van der Waals surface area contributed by atoms with Gasteiger partial charge in [-0.1, -0.05) is 11.6 Å². The molecule has 0 saturated heterocycles. The minimum absolute atomic E-state index is 0.0273. The normalized spacial score (nSPS) is 9.88. The standard InChI is InChI=1S/C16H16ClFN4O2S/c1-24-12-5-2-10(3-6-12)19-9-15(23)21-22-16(25)20-11-4-7-14(18)13(17)8-11/h2-8,19H,9H2,1H3,(H,21,23)(H2,20,22,25). The number of amides is 1. The fraction of sp³-hybridized carbons (Fsp3) is 0.125. The number of carbonyl (C=O) groups is 1. The first kappa shape index (κ1) is 18.8. The van der Waals surface area contributed by atoms with Crippen molar-refractivity contribution in [3.63, 3.8) is 0 Å². The first-order valence-corrected chi connectivity index (χ1v) is 7.95. The van der Waals surface area contributed by atoms with Crippen LogP contribution in [0.4, 0.5) is 15.8 Å². The van der Waals surface area contributed by atoms with Crippen LogP contribution in [0.5, 0.6) is 5.75 Å². The summed E-state index contributed by atoms with van der Waals surface area (Å²) in [6, 6.07) is 11.2. The van der Waals surface area contributed by atoms with Crippen molar-refractivity contribution in [2.45, 2.75) is 0 Å². The fourth-order valence-corrected chi connectivity index (χ4v) is 2.15. The molecule has 25 heavy (non-hydrogen) atoms. The summed E-state index contributed by atoms with van der Waals surface area (Å²) in [7, 11) is 1.58. The fourth-order valence-electron chi connectivity index (χ4n) is 1.80. The van der Waals surface area contributed by atoms with Crippen LogP contribution in [0.15, 0.2) is 42.5 Å². The third kappa shape index (κ3) is 6.09. The Labute approximate surface area is 154 Å². The average molecular weight is 383 g/mol. The quantitative estimate of drug-likeness (QED) is 0.470. The Hall–Kier alpha value is -2.58. The molecule has 0 atom stereocenters. The molecular weight excluding hydrogens is 367 g/mol. The van der Waals surface area contributed by atoms with Crippen molar-refractivity contribution >= 4 is 46.2 Å². The molecule has 0 radical (unpaired) electrons. The highest BCUT2D eigenvalue weighted by atomic mass is 35.5. The van der Waals surface area contributed by atoms with Gasteiger partial charge in [0, 0.05) is 11.4 Å². The van der Waals surface area contributed by atoms with Gasteiger partial charge in [-0.05, 0) is 54.7 Å². The molecule has 0 bridgehead atoms. The van der Waals surface area contributed by atoms with E-state index in [1.165, 1.54) is 18.2 Å². The predicted molar refractivity (Wildman–Crippen MR) is 100 cm³/mol. The van der Waals surface area contributed by atoms with Gasteiger partial charge in [0.1, 0.15) is 11.6 Å². The lowest BCUT2D eigenvalue weighted by atomic mass is 10.3. The molecule has 0 aromatic heterocycles. The third-order valence-corrected chi connectivity index (χ3v) is 3.53. The van der Waals surface area contributed by atoms with Crippen molar-refractivity contribution in [2.75, 3.05) is 24.3 Å². The van der Waals surface area contributed by atoms with Gasteiger partial charge in [0.05, 0.1) is 18.7 Å². The van der Waals surface area contributed by atoms with Crippen molar-refractivity contribution in [2.24, 2.45) is 0 Å². The Kier molecular flexibility index (Phi) is 6.79. The highest BCUT2D eigenvalue weighted by Crippen LogP contribution is 2.19. The van der Waals surface area contributed by atoms with Crippen molar-refractivity contribution < 1.29 is 13.9 Å². The molecule has 4 N–H and O–H groups in total. The second kappa shape index (κ2) is 9.05. The van der Waals surface area contributed by atoms with E-state index >= 15 is 0 Å². The Morgan fingerprint density at radius 2 is 1.84 bits per heavy atom. The van der Waals surface area contributed by atoms with Crippen LogP contribution in [0.1, 0.15) is 0 Å². The zero-order valence-corrected chi connectivity index (χ0v) is 14.8. The molecule has 0 saturated carbocycles. The molecule has 2 rings (SSSR count). The number of hydrazine groups is 1. The third-order valence-electron chi connectivity index (χ3n) is 3.04. The number of nitrogens with one attached hydrogen (secondary N) is 4. The van der Waals surface area contributed by atoms with Crippen molar-refractivity contribution in [3.05, 3.63) is 53.3 Å². The summed E-state index contributed by atoms with van der Waals surface area (Å²) in [6.45, 7) is 0.0460. The summed E-state index contributed by atoms with van der Waals surface area (Å²) >= 11 is 10.7. The van der Waals surface area contributed by atoms with Gasteiger partial charge in [-0.2, -0.15) is 0 Å². The van der Waals surface area contributed by atoms with E-state index in [9.17, 15) is 9.18 Å². The molecule has 2 aromatic carbocycles. The Balaban J connectivity index is 1.73. The number of benzene rings is 2. The Bertz CT molecular complexity index is 758. The van der Waals surface area contributed by atoms with Gasteiger partial charge in [0.2, 0.25) is 0 Å². The maximum Gasteiger partial charge on any atom is 0.257 e. The van der Waals surface area contributed by atoms with Gasteiger partial charge >= 0.3 is 0 Å².